The van der Waals surface area contributed by atoms with Crippen LogP contribution in [-0.2, 0) is 33.3 Å². The highest BCUT2D eigenvalue weighted by Crippen LogP contribution is 2.10. The summed E-state index contributed by atoms with van der Waals surface area (Å²) in [5, 5.41) is 9.55. The molecule has 9 nitrogen and oxygen atoms in total. The summed E-state index contributed by atoms with van der Waals surface area (Å²) in [6.07, 6.45) is 37.2. The fraction of sp³-hybridized carbons (Fsp3) is 0.643. The molecule has 0 aliphatic rings. The lowest BCUT2D eigenvalue weighted by atomic mass is 10.1. The number of aliphatic carboxylic acids is 1. The van der Waals surface area contributed by atoms with Crippen molar-refractivity contribution in [2.45, 2.75) is 129 Å². The Kier molecular flexibility index (Phi) is 31.7. The van der Waals surface area contributed by atoms with Gasteiger partial charge in [-0.2, -0.15) is 0 Å². The topological polar surface area (TPSA) is 108 Å². The van der Waals surface area contributed by atoms with Crippen molar-refractivity contribution < 1.29 is 42.9 Å². The van der Waals surface area contributed by atoms with E-state index in [-0.39, 0.29) is 38.6 Å². The van der Waals surface area contributed by atoms with Crippen LogP contribution in [0.15, 0.2) is 72.9 Å². The second-order valence-corrected chi connectivity index (χ2v) is 13.5. The van der Waals surface area contributed by atoms with Crippen LogP contribution in [0.4, 0.5) is 0 Å². The summed E-state index contributed by atoms with van der Waals surface area (Å²) in [6.45, 7) is 4.56. The average Bonchev–Trinajstić information content (AvgIpc) is 3.08. The van der Waals surface area contributed by atoms with Gasteiger partial charge >= 0.3 is 17.9 Å². The molecule has 51 heavy (non-hydrogen) atoms. The predicted octanol–water partition coefficient (Wildman–Crippen LogP) is 9.21. The van der Waals surface area contributed by atoms with E-state index in [0.717, 1.165) is 83.5 Å². The first-order valence-corrected chi connectivity index (χ1v) is 19.1. The second kappa shape index (κ2) is 33.9. The zero-order valence-corrected chi connectivity index (χ0v) is 32.5. The Hall–Kier alpha value is -3.27. The Morgan fingerprint density at radius 3 is 1.65 bits per heavy atom. The van der Waals surface area contributed by atoms with Gasteiger partial charge in [0.25, 0.3) is 6.29 Å². The van der Waals surface area contributed by atoms with E-state index in [2.05, 4.69) is 86.8 Å². The van der Waals surface area contributed by atoms with Gasteiger partial charge < -0.3 is 28.5 Å². The molecule has 0 aliphatic heterocycles. The molecule has 0 radical (unpaired) electrons. The number of allylic oxidation sites excluding steroid dienone is 12. The number of quaternary nitrogens is 1. The van der Waals surface area contributed by atoms with Gasteiger partial charge in [0.05, 0.1) is 34.4 Å². The molecule has 0 fully saturated rings. The van der Waals surface area contributed by atoms with E-state index in [9.17, 15) is 19.5 Å². The van der Waals surface area contributed by atoms with Crippen molar-refractivity contribution in [1.82, 2.24) is 0 Å². The third-order valence-electron chi connectivity index (χ3n) is 7.48. The Morgan fingerprint density at radius 2 is 1.12 bits per heavy atom. The first-order chi connectivity index (χ1) is 24.6. The fourth-order valence-electron chi connectivity index (χ4n) is 4.48. The summed E-state index contributed by atoms with van der Waals surface area (Å²) in [5.41, 5.74) is 0. The molecular formula is C42H70NO8+. The molecule has 0 rings (SSSR count). The van der Waals surface area contributed by atoms with Crippen molar-refractivity contribution in [3.8, 4) is 0 Å². The second-order valence-electron chi connectivity index (χ2n) is 13.5. The molecule has 0 aromatic heterocycles. The minimum Gasteiger partial charge on any atom is -0.477 e. The average molecular weight is 717 g/mol. The monoisotopic (exact) mass is 717 g/mol. The van der Waals surface area contributed by atoms with Crippen LogP contribution in [0, 0.1) is 0 Å². The standard InChI is InChI=1S/C42H69NO8/c1-6-8-10-12-13-14-15-16-17-18-19-20-21-22-23-24-25-26-27-29-31-33-40(45)51-38(36-49-39(44)32-30-28-11-9-7-2)37-50-42(41(46)47)48-35-34-43(3,4)5/h8,10,13-14,16-17,19-20,22-23,25-26,38,42H,6-7,9,11-12,15,18,21,24,27-37H2,1-5H3/p+1/b10-8-,14-13-,17-16-,20-19-,23-22-,26-25-. The lowest BCUT2D eigenvalue weighted by Gasteiger charge is -2.25. The number of unbranched alkanes of at least 4 members (excludes halogenated alkanes) is 6. The predicted molar refractivity (Wildman–Crippen MR) is 207 cm³/mol. The molecule has 0 aliphatic carbocycles. The number of esters is 2. The lowest BCUT2D eigenvalue weighted by Crippen LogP contribution is -2.40. The summed E-state index contributed by atoms with van der Waals surface area (Å²) in [6, 6.07) is 0. The molecule has 0 amide bonds. The number of nitrogens with zero attached hydrogens (tertiary/aromatic N) is 1. The van der Waals surface area contributed by atoms with E-state index in [1.54, 1.807) is 0 Å². The van der Waals surface area contributed by atoms with Crippen LogP contribution in [0.5, 0.6) is 0 Å². The normalized spacial score (nSPS) is 13.8. The van der Waals surface area contributed by atoms with Gasteiger partial charge in [0, 0.05) is 12.8 Å². The molecule has 0 bridgehead atoms. The summed E-state index contributed by atoms with van der Waals surface area (Å²) >= 11 is 0. The van der Waals surface area contributed by atoms with E-state index >= 15 is 0 Å². The lowest BCUT2D eigenvalue weighted by molar-refractivity contribution is -0.870. The van der Waals surface area contributed by atoms with E-state index in [1.807, 2.05) is 21.1 Å². The molecule has 0 aromatic carbocycles. The molecule has 2 atom stereocenters. The number of ether oxygens (including phenoxy) is 4. The Labute approximate surface area is 309 Å². The number of rotatable bonds is 33. The van der Waals surface area contributed by atoms with Crippen molar-refractivity contribution >= 4 is 17.9 Å². The van der Waals surface area contributed by atoms with Gasteiger partial charge in [0.1, 0.15) is 13.2 Å². The van der Waals surface area contributed by atoms with Gasteiger partial charge in [-0.05, 0) is 64.2 Å². The fourth-order valence-corrected chi connectivity index (χ4v) is 4.48. The highest BCUT2D eigenvalue weighted by Gasteiger charge is 2.25. The molecular weight excluding hydrogens is 646 g/mol. The van der Waals surface area contributed by atoms with Gasteiger partial charge in [-0.15, -0.1) is 0 Å². The smallest absolute Gasteiger partial charge is 0.361 e. The van der Waals surface area contributed by atoms with Crippen LogP contribution in [0.2, 0.25) is 0 Å². The van der Waals surface area contributed by atoms with E-state index in [0.29, 0.717) is 17.4 Å². The van der Waals surface area contributed by atoms with Crippen molar-refractivity contribution in [2.75, 3.05) is 47.5 Å². The van der Waals surface area contributed by atoms with E-state index in [1.165, 1.54) is 0 Å². The van der Waals surface area contributed by atoms with Crippen LogP contribution in [-0.4, -0.2) is 87.4 Å². The Morgan fingerprint density at radius 1 is 0.608 bits per heavy atom. The van der Waals surface area contributed by atoms with Gasteiger partial charge in [-0.3, -0.25) is 9.59 Å². The van der Waals surface area contributed by atoms with Crippen LogP contribution >= 0.6 is 0 Å². The largest absolute Gasteiger partial charge is 0.477 e. The zero-order valence-electron chi connectivity index (χ0n) is 32.5. The first-order valence-electron chi connectivity index (χ1n) is 19.1. The van der Waals surface area contributed by atoms with Crippen molar-refractivity contribution in [3.05, 3.63) is 72.9 Å². The van der Waals surface area contributed by atoms with Crippen LogP contribution in [0.1, 0.15) is 117 Å². The summed E-state index contributed by atoms with van der Waals surface area (Å²) in [7, 11) is 5.91. The van der Waals surface area contributed by atoms with Gasteiger partial charge in [-0.1, -0.05) is 112 Å². The molecule has 0 spiro atoms. The third kappa shape index (κ3) is 34.9. The van der Waals surface area contributed by atoms with Crippen molar-refractivity contribution in [2.24, 2.45) is 0 Å². The molecule has 290 valence electrons. The summed E-state index contributed by atoms with van der Waals surface area (Å²) in [5.74, 6) is -2.10. The minimum atomic E-state index is -1.52. The zero-order chi connectivity index (χ0) is 37.8. The van der Waals surface area contributed by atoms with Crippen LogP contribution in [0.25, 0.3) is 0 Å². The van der Waals surface area contributed by atoms with E-state index < -0.39 is 24.3 Å². The molecule has 2 unspecified atom stereocenters. The number of hydrogen-bond acceptors (Lipinski definition) is 7. The van der Waals surface area contributed by atoms with Gasteiger partial charge in [0.15, 0.2) is 6.10 Å². The maximum absolute atomic E-state index is 12.6. The number of carbonyl (C=O) groups is 3. The van der Waals surface area contributed by atoms with E-state index in [4.69, 9.17) is 18.9 Å². The molecule has 0 saturated carbocycles. The quantitative estimate of drug-likeness (QED) is 0.0236. The highest BCUT2D eigenvalue weighted by molar-refractivity contribution is 5.71. The Bertz CT molecular complexity index is 1070. The first kappa shape index (κ1) is 47.7. The number of carboxylic acid groups (broad SMARTS) is 1. The maximum atomic E-state index is 12.6. The van der Waals surface area contributed by atoms with Crippen molar-refractivity contribution in [1.29, 1.82) is 0 Å². The number of carboxylic acids is 1. The number of hydrogen-bond donors (Lipinski definition) is 1. The molecule has 0 heterocycles. The SMILES string of the molecule is CC/C=C\C/C=C\C/C=C\C/C=C\C/C=C\C/C=C\CCCCC(=O)OC(COC(=O)CCCCCCC)COC(OCC[N+](C)(C)C)C(=O)O. The molecule has 9 heteroatoms. The third-order valence-corrected chi connectivity index (χ3v) is 7.48. The molecule has 0 saturated heterocycles. The Balaban J connectivity index is 4.48. The minimum absolute atomic E-state index is 0.175. The van der Waals surface area contributed by atoms with Crippen LogP contribution in [0.3, 0.4) is 0 Å². The summed E-state index contributed by atoms with van der Waals surface area (Å²) < 4.78 is 22.4. The highest BCUT2D eigenvalue weighted by atomic mass is 16.7. The molecule has 0 aromatic rings. The molecule has 1 N–H and O–H groups in total. The number of carbonyl (C=O) groups excluding carboxylic acids is 2. The maximum Gasteiger partial charge on any atom is 0.361 e. The van der Waals surface area contributed by atoms with Gasteiger partial charge in [0.2, 0.25) is 0 Å². The summed E-state index contributed by atoms with van der Waals surface area (Å²) in [4.78, 5) is 36.6. The van der Waals surface area contributed by atoms with Crippen LogP contribution < -0.4 is 0 Å². The van der Waals surface area contributed by atoms with Crippen molar-refractivity contribution in [3.63, 3.8) is 0 Å². The number of likely N-dealkylation sites (N-methyl/N-ethyl adjacent to an activating group) is 1. The van der Waals surface area contributed by atoms with Gasteiger partial charge in [-0.25, -0.2) is 4.79 Å².